The molecule has 27 heavy (non-hydrogen) atoms. The maximum atomic E-state index is 12.5. The third-order valence-electron chi connectivity index (χ3n) is 4.33. The normalized spacial score (nSPS) is 12.4. The third kappa shape index (κ3) is 6.38. The molecule has 0 aliphatic carbocycles. The second-order valence-electron chi connectivity index (χ2n) is 6.56. The Morgan fingerprint density at radius 3 is 2.22 bits per heavy atom. The Kier molecular flexibility index (Phi) is 8.98. The molecule has 2 aromatic rings. The van der Waals surface area contributed by atoms with Crippen molar-refractivity contribution in [2.75, 3.05) is 6.54 Å². The molecule has 0 aromatic heterocycles. The summed E-state index contributed by atoms with van der Waals surface area (Å²) in [6, 6.07) is 16.5. The minimum atomic E-state index is -1.10. The lowest BCUT2D eigenvalue weighted by molar-refractivity contribution is -0.126. The van der Waals surface area contributed by atoms with E-state index in [-0.39, 0.29) is 24.2 Å². The second kappa shape index (κ2) is 10.7. The van der Waals surface area contributed by atoms with Gasteiger partial charge in [0, 0.05) is 18.7 Å². The number of amides is 2. The molecule has 0 bridgehead atoms. The van der Waals surface area contributed by atoms with Crippen LogP contribution in [0.5, 0.6) is 0 Å². The Morgan fingerprint density at radius 2 is 1.63 bits per heavy atom. The molecule has 2 rings (SSSR count). The summed E-state index contributed by atoms with van der Waals surface area (Å²) in [6.07, 6.45) is 2.01. The van der Waals surface area contributed by atoms with Crippen molar-refractivity contribution in [1.29, 1.82) is 0 Å². The number of carbonyl (C=O) groups excluding carboxylic acids is 2. The molecule has 0 heterocycles. The van der Waals surface area contributed by atoms with Crippen LogP contribution in [0.2, 0.25) is 0 Å². The number of benzene rings is 2. The molecule has 6 heteroatoms. The molecule has 0 aliphatic rings. The summed E-state index contributed by atoms with van der Waals surface area (Å²) in [5.74, 6) is -0.322. The van der Waals surface area contributed by atoms with E-state index in [2.05, 4.69) is 17.6 Å². The fourth-order valence-corrected chi connectivity index (χ4v) is 2.54. The molecule has 0 aliphatic heterocycles. The van der Waals surface area contributed by atoms with E-state index in [1.54, 1.807) is 19.1 Å². The smallest absolute Gasteiger partial charge is 0.251 e. The van der Waals surface area contributed by atoms with Gasteiger partial charge in [-0.05, 0) is 36.6 Å². The second-order valence-corrected chi connectivity index (χ2v) is 6.56. The van der Waals surface area contributed by atoms with Gasteiger partial charge in [-0.2, -0.15) is 0 Å². The van der Waals surface area contributed by atoms with Crippen molar-refractivity contribution in [2.24, 2.45) is 5.73 Å². The van der Waals surface area contributed by atoms with Crippen molar-refractivity contribution >= 4 is 24.2 Å². The summed E-state index contributed by atoms with van der Waals surface area (Å²) in [7, 11) is 0. The molecular weight excluding hydrogens is 362 g/mol. The van der Waals surface area contributed by atoms with E-state index >= 15 is 0 Å². The topological polar surface area (TPSA) is 84.2 Å². The van der Waals surface area contributed by atoms with Gasteiger partial charge < -0.3 is 16.4 Å². The molecule has 0 radical (unpaired) electrons. The largest absolute Gasteiger partial charge is 0.352 e. The minimum Gasteiger partial charge on any atom is -0.352 e. The van der Waals surface area contributed by atoms with Crippen LogP contribution in [-0.4, -0.2) is 18.4 Å². The van der Waals surface area contributed by atoms with E-state index in [0.717, 1.165) is 24.0 Å². The monoisotopic (exact) mass is 389 g/mol. The van der Waals surface area contributed by atoms with Crippen molar-refractivity contribution in [3.63, 3.8) is 0 Å². The molecule has 5 nitrogen and oxygen atoms in total. The van der Waals surface area contributed by atoms with Crippen molar-refractivity contribution in [1.82, 2.24) is 10.6 Å². The lowest BCUT2D eigenvalue weighted by Gasteiger charge is -2.24. The highest BCUT2D eigenvalue weighted by molar-refractivity contribution is 5.94. The molecule has 146 valence electrons. The molecular formula is C21H28ClN3O2. The van der Waals surface area contributed by atoms with Gasteiger partial charge in [-0.25, -0.2) is 0 Å². The molecule has 1 atom stereocenters. The summed E-state index contributed by atoms with van der Waals surface area (Å²) >= 11 is 0. The Hall–Kier alpha value is -2.37. The average Bonchev–Trinajstić information content (AvgIpc) is 2.67. The van der Waals surface area contributed by atoms with E-state index in [1.165, 1.54) is 0 Å². The summed E-state index contributed by atoms with van der Waals surface area (Å²) in [5, 5.41) is 5.75. The highest BCUT2D eigenvalue weighted by atomic mass is 35.5. The van der Waals surface area contributed by atoms with Gasteiger partial charge in [-0.1, -0.05) is 55.8 Å². The van der Waals surface area contributed by atoms with Gasteiger partial charge >= 0.3 is 0 Å². The van der Waals surface area contributed by atoms with Crippen LogP contribution in [0.4, 0.5) is 0 Å². The van der Waals surface area contributed by atoms with Crippen LogP contribution in [0.25, 0.3) is 0 Å². The minimum absolute atomic E-state index is 0. The summed E-state index contributed by atoms with van der Waals surface area (Å²) < 4.78 is 0. The quantitative estimate of drug-likeness (QED) is 0.606. The molecule has 1 unspecified atom stereocenters. The van der Waals surface area contributed by atoms with Crippen LogP contribution >= 0.6 is 12.4 Å². The van der Waals surface area contributed by atoms with Crippen LogP contribution < -0.4 is 16.4 Å². The number of hydrogen-bond donors (Lipinski definition) is 3. The van der Waals surface area contributed by atoms with E-state index < -0.39 is 5.54 Å². The highest BCUT2D eigenvalue weighted by Crippen LogP contribution is 2.17. The van der Waals surface area contributed by atoms with Gasteiger partial charge in [0.2, 0.25) is 5.91 Å². The number of nitrogens with one attached hydrogen (secondary N) is 2. The van der Waals surface area contributed by atoms with Crippen LogP contribution in [0.3, 0.4) is 0 Å². The molecule has 0 spiro atoms. The lowest BCUT2D eigenvalue weighted by atomic mass is 9.92. The maximum Gasteiger partial charge on any atom is 0.251 e. The van der Waals surface area contributed by atoms with E-state index in [0.29, 0.717) is 18.7 Å². The van der Waals surface area contributed by atoms with Gasteiger partial charge in [0.1, 0.15) is 5.54 Å². The number of halogens is 1. The first-order valence-corrected chi connectivity index (χ1v) is 8.95. The summed E-state index contributed by atoms with van der Waals surface area (Å²) in [4.78, 5) is 24.4. The zero-order valence-electron chi connectivity index (χ0n) is 15.8. The van der Waals surface area contributed by atoms with Crippen molar-refractivity contribution < 1.29 is 9.59 Å². The van der Waals surface area contributed by atoms with E-state index in [1.807, 2.05) is 42.5 Å². The number of carbonyl (C=O) groups is 2. The average molecular weight is 390 g/mol. The Balaban J connectivity index is 0.00000364. The standard InChI is InChI=1S/C21H27N3O2.ClH/c1-3-4-14-23-19(25)17-12-10-16(11-13-17)15-24-20(26)21(2,22)18-8-6-5-7-9-18;/h5-13H,3-4,14-15,22H2,1-2H3,(H,23,25)(H,24,26);1H. The highest BCUT2D eigenvalue weighted by Gasteiger charge is 2.29. The molecule has 0 fully saturated rings. The van der Waals surface area contributed by atoms with Gasteiger partial charge in [0.15, 0.2) is 0 Å². The SMILES string of the molecule is CCCCNC(=O)c1ccc(CNC(=O)C(C)(N)c2ccccc2)cc1.Cl. The number of rotatable bonds is 8. The molecule has 2 amide bonds. The maximum absolute atomic E-state index is 12.5. The third-order valence-corrected chi connectivity index (χ3v) is 4.33. The molecule has 2 aromatic carbocycles. The number of unbranched alkanes of at least 4 members (excludes halogenated alkanes) is 1. The molecule has 0 saturated carbocycles. The van der Waals surface area contributed by atoms with Crippen molar-refractivity contribution in [3.05, 3.63) is 71.3 Å². The predicted molar refractivity (Wildman–Crippen MR) is 111 cm³/mol. The van der Waals surface area contributed by atoms with E-state index in [4.69, 9.17) is 5.73 Å². The van der Waals surface area contributed by atoms with Crippen LogP contribution in [0.1, 0.15) is 48.2 Å². The molecule has 0 saturated heterocycles. The zero-order valence-corrected chi connectivity index (χ0v) is 16.6. The van der Waals surface area contributed by atoms with Crippen molar-refractivity contribution in [2.45, 2.75) is 38.8 Å². The summed E-state index contributed by atoms with van der Waals surface area (Å²) in [6.45, 7) is 4.82. The first-order valence-electron chi connectivity index (χ1n) is 8.95. The van der Waals surface area contributed by atoms with Gasteiger partial charge in [-0.3, -0.25) is 9.59 Å². The first-order chi connectivity index (χ1) is 12.4. The zero-order chi connectivity index (χ0) is 19.0. The number of hydrogen-bond acceptors (Lipinski definition) is 3. The Bertz CT molecular complexity index is 731. The summed E-state index contributed by atoms with van der Waals surface area (Å²) in [5.41, 5.74) is 7.39. The van der Waals surface area contributed by atoms with Crippen LogP contribution in [0.15, 0.2) is 54.6 Å². The first kappa shape index (κ1) is 22.7. The van der Waals surface area contributed by atoms with Gasteiger partial charge in [-0.15, -0.1) is 12.4 Å². The fraction of sp³-hybridized carbons (Fsp3) is 0.333. The van der Waals surface area contributed by atoms with Crippen LogP contribution in [0, 0.1) is 0 Å². The van der Waals surface area contributed by atoms with Crippen LogP contribution in [-0.2, 0) is 16.9 Å². The van der Waals surface area contributed by atoms with Crippen molar-refractivity contribution in [3.8, 4) is 0 Å². The Labute approximate surface area is 167 Å². The Morgan fingerprint density at radius 1 is 1.00 bits per heavy atom. The van der Waals surface area contributed by atoms with Gasteiger partial charge in [0.25, 0.3) is 5.91 Å². The molecule has 4 N–H and O–H groups in total. The fourth-order valence-electron chi connectivity index (χ4n) is 2.54. The predicted octanol–water partition coefficient (Wildman–Crippen LogP) is 3.13. The number of nitrogens with two attached hydrogens (primary N) is 1. The van der Waals surface area contributed by atoms with Gasteiger partial charge in [0.05, 0.1) is 0 Å². The lowest BCUT2D eigenvalue weighted by Crippen LogP contribution is -2.48. The van der Waals surface area contributed by atoms with E-state index in [9.17, 15) is 9.59 Å².